The van der Waals surface area contributed by atoms with E-state index < -0.39 is 10.9 Å². The molecular formula is C17H21NO6. The number of nitrogens with zero attached hydrogens (tertiary/aromatic N) is 1. The summed E-state index contributed by atoms with van der Waals surface area (Å²) in [5.41, 5.74) is 0.936. The van der Waals surface area contributed by atoms with Crippen LogP contribution in [0.15, 0.2) is 48.8 Å². The summed E-state index contributed by atoms with van der Waals surface area (Å²) in [4.78, 5) is 22.3. The van der Waals surface area contributed by atoms with Crippen molar-refractivity contribution in [2.45, 2.75) is 6.92 Å². The van der Waals surface area contributed by atoms with Crippen molar-refractivity contribution in [3.63, 3.8) is 0 Å². The van der Waals surface area contributed by atoms with E-state index in [0.29, 0.717) is 16.9 Å². The zero-order valence-electron chi connectivity index (χ0n) is 14.1. The van der Waals surface area contributed by atoms with Crippen molar-refractivity contribution in [1.82, 2.24) is 0 Å². The Kier molecular flexibility index (Phi) is 9.43. The highest BCUT2D eigenvalue weighted by Gasteiger charge is 2.21. The predicted molar refractivity (Wildman–Crippen MR) is 91.5 cm³/mol. The van der Waals surface area contributed by atoms with Crippen LogP contribution in [0, 0.1) is 10.1 Å². The van der Waals surface area contributed by atoms with Crippen molar-refractivity contribution in [3.05, 3.63) is 70.0 Å². The second-order valence-electron chi connectivity index (χ2n) is 4.15. The van der Waals surface area contributed by atoms with Gasteiger partial charge in [0.2, 0.25) is 0 Å². The predicted octanol–water partition coefficient (Wildman–Crippen LogP) is 3.11. The monoisotopic (exact) mass is 335 g/mol. The van der Waals surface area contributed by atoms with Gasteiger partial charge in [0.1, 0.15) is 5.76 Å². The van der Waals surface area contributed by atoms with Crippen molar-refractivity contribution < 1.29 is 24.3 Å². The Hall–Kier alpha value is -2.93. The van der Waals surface area contributed by atoms with Gasteiger partial charge >= 0.3 is 5.97 Å². The van der Waals surface area contributed by atoms with Gasteiger partial charge in [-0.3, -0.25) is 10.1 Å². The maximum absolute atomic E-state index is 12.0. The van der Waals surface area contributed by atoms with E-state index >= 15 is 0 Å². The minimum Gasteiger partial charge on any atom is -0.496 e. The fraction of sp³-hybridized carbons (Fsp3) is 0.235. The first-order chi connectivity index (χ1) is 11.5. The quantitative estimate of drug-likeness (QED) is 0.282. The number of nitro benzene ring substituents is 1. The van der Waals surface area contributed by atoms with E-state index in [-0.39, 0.29) is 11.3 Å². The van der Waals surface area contributed by atoms with Crippen LogP contribution in [0.5, 0.6) is 0 Å². The summed E-state index contributed by atoms with van der Waals surface area (Å²) in [5.74, 6) is -0.154. The van der Waals surface area contributed by atoms with E-state index in [9.17, 15) is 14.9 Å². The third-order valence-corrected chi connectivity index (χ3v) is 2.94. The second kappa shape index (κ2) is 10.7. The zero-order chi connectivity index (χ0) is 18.7. The van der Waals surface area contributed by atoms with Gasteiger partial charge in [-0.1, -0.05) is 18.7 Å². The number of ether oxygens (including phenoxy) is 2. The number of benzene rings is 1. The Labute approximate surface area is 140 Å². The smallest absolute Gasteiger partial charge is 0.338 e. The maximum Gasteiger partial charge on any atom is 0.338 e. The summed E-state index contributed by atoms with van der Waals surface area (Å²) >= 11 is 0. The van der Waals surface area contributed by atoms with Crippen molar-refractivity contribution >= 4 is 17.2 Å². The minimum atomic E-state index is -0.666. The fourth-order valence-corrected chi connectivity index (χ4v) is 1.97. The third-order valence-electron chi connectivity index (χ3n) is 2.94. The standard InChI is InChI=1S/C16H17NO5.CH4O/c1-5-7-13(15(6-2)21-3)12-9-8-11(17(19)20)10-14(12)16(18)22-4;1-2/h5-10H,1H2,2-4H3;2H,1H3/b13-7-,15-6+;. The molecule has 1 aromatic rings. The molecule has 0 heterocycles. The molecule has 0 amide bonds. The normalized spacial score (nSPS) is 11.0. The highest BCUT2D eigenvalue weighted by molar-refractivity contribution is 5.98. The first kappa shape index (κ1) is 21.1. The minimum absolute atomic E-state index is 0.0844. The van der Waals surface area contributed by atoms with E-state index in [4.69, 9.17) is 14.6 Å². The number of methoxy groups -OCH3 is 2. The van der Waals surface area contributed by atoms with Crippen LogP contribution >= 0.6 is 0 Å². The number of hydrogen-bond donors (Lipinski definition) is 1. The number of aliphatic hydroxyl groups excluding tert-OH is 1. The number of carbonyl (C=O) groups is 1. The Morgan fingerprint density at radius 3 is 2.29 bits per heavy atom. The third kappa shape index (κ3) is 5.06. The number of allylic oxidation sites excluding steroid dienone is 4. The molecule has 0 fully saturated rings. The largest absolute Gasteiger partial charge is 0.496 e. The highest BCUT2D eigenvalue weighted by Crippen LogP contribution is 2.30. The lowest BCUT2D eigenvalue weighted by Crippen LogP contribution is -2.07. The summed E-state index contributed by atoms with van der Waals surface area (Å²) in [6, 6.07) is 3.99. The van der Waals surface area contributed by atoms with Gasteiger partial charge in [-0.25, -0.2) is 4.79 Å². The lowest BCUT2D eigenvalue weighted by atomic mass is 9.96. The summed E-state index contributed by atoms with van der Waals surface area (Å²) in [5, 5.41) is 17.9. The molecule has 7 heteroatoms. The molecule has 0 spiro atoms. The maximum atomic E-state index is 12.0. The first-order valence-electron chi connectivity index (χ1n) is 6.85. The number of carbonyl (C=O) groups excluding carboxylic acids is 1. The summed E-state index contributed by atoms with van der Waals surface area (Å²) in [6.45, 7) is 5.41. The molecule has 0 bridgehead atoms. The molecule has 0 aliphatic heterocycles. The van der Waals surface area contributed by atoms with Crippen LogP contribution in [0.25, 0.3) is 5.57 Å². The van der Waals surface area contributed by atoms with Crippen LogP contribution in [-0.4, -0.2) is 37.3 Å². The molecule has 0 aromatic heterocycles. The van der Waals surface area contributed by atoms with Crippen LogP contribution < -0.4 is 0 Å². The Morgan fingerprint density at radius 1 is 1.25 bits per heavy atom. The van der Waals surface area contributed by atoms with E-state index in [1.807, 2.05) is 0 Å². The topological polar surface area (TPSA) is 98.9 Å². The summed E-state index contributed by atoms with van der Waals surface area (Å²) in [7, 11) is 3.71. The van der Waals surface area contributed by atoms with Gasteiger partial charge in [-0.2, -0.15) is 0 Å². The summed E-state index contributed by atoms with van der Waals surface area (Å²) < 4.78 is 9.99. The summed E-state index contributed by atoms with van der Waals surface area (Å²) in [6.07, 6.45) is 4.92. The molecule has 1 rings (SSSR count). The molecule has 130 valence electrons. The van der Waals surface area contributed by atoms with Crippen molar-refractivity contribution in [2.24, 2.45) is 0 Å². The number of nitro groups is 1. The molecule has 0 saturated carbocycles. The van der Waals surface area contributed by atoms with Crippen molar-refractivity contribution in [2.75, 3.05) is 21.3 Å². The van der Waals surface area contributed by atoms with Gasteiger partial charge in [0.15, 0.2) is 0 Å². The average molecular weight is 335 g/mol. The molecule has 1 N–H and O–H groups in total. The second-order valence-corrected chi connectivity index (χ2v) is 4.15. The van der Waals surface area contributed by atoms with E-state index in [2.05, 4.69) is 6.58 Å². The molecule has 0 aliphatic carbocycles. The molecule has 0 saturated heterocycles. The zero-order valence-corrected chi connectivity index (χ0v) is 14.1. The SMILES string of the molecule is C=C/C=C(\C(=C/C)OC)c1ccc([N+](=O)[O-])cc1C(=O)OC.CO. The molecule has 24 heavy (non-hydrogen) atoms. The van der Waals surface area contributed by atoms with E-state index in [0.717, 1.165) is 7.11 Å². The van der Waals surface area contributed by atoms with Crippen molar-refractivity contribution in [1.29, 1.82) is 0 Å². The van der Waals surface area contributed by atoms with Crippen LogP contribution in [0.3, 0.4) is 0 Å². The average Bonchev–Trinajstić information content (AvgIpc) is 2.62. The van der Waals surface area contributed by atoms with Gasteiger partial charge in [-0.15, -0.1) is 0 Å². The van der Waals surface area contributed by atoms with Gasteiger partial charge in [0.05, 0.1) is 24.7 Å². The number of esters is 1. The number of non-ortho nitro benzene ring substituents is 1. The van der Waals surface area contributed by atoms with Crippen molar-refractivity contribution in [3.8, 4) is 0 Å². The van der Waals surface area contributed by atoms with Crippen LogP contribution in [0.2, 0.25) is 0 Å². The Balaban J connectivity index is 0.00000254. The molecular weight excluding hydrogens is 314 g/mol. The number of aliphatic hydroxyl groups is 1. The lowest BCUT2D eigenvalue weighted by molar-refractivity contribution is -0.384. The molecule has 0 atom stereocenters. The molecule has 0 radical (unpaired) electrons. The fourth-order valence-electron chi connectivity index (χ4n) is 1.97. The molecule has 1 aromatic carbocycles. The molecule has 0 unspecified atom stereocenters. The first-order valence-corrected chi connectivity index (χ1v) is 6.85. The molecule has 7 nitrogen and oxygen atoms in total. The van der Waals surface area contributed by atoms with E-state index in [1.54, 1.807) is 25.2 Å². The van der Waals surface area contributed by atoms with Gasteiger partial charge in [-0.05, 0) is 19.1 Å². The lowest BCUT2D eigenvalue weighted by Gasteiger charge is -2.14. The molecule has 0 aliphatic rings. The van der Waals surface area contributed by atoms with E-state index in [1.165, 1.54) is 32.4 Å². The van der Waals surface area contributed by atoms with Gasteiger partial charge < -0.3 is 14.6 Å². The van der Waals surface area contributed by atoms with Gasteiger partial charge in [0, 0.05) is 30.4 Å². The van der Waals surface area contributed by atoms with Crippen LogP contribution in [-0.2, 0) is 9.47 Å². The number of rotatable bonds is 6. The highest BCUT2D eigenvalue weighted by atomic mass is 16.6. The van der Waals surface area contributed by atoms with Crippen LogP contribution in [0.1, 0.15) is 22.8 Å². The van der Waals surface area contributed by atoms with Gasteiger partial charge in [0.25, 0.3) is 5.69 Å². The van der Waals surface area contributed by atoms with Crippen LogP contribution in [0.4, 0.5) is 5.69 Å². The number of hydrogen-bond acceptors (Lipinski definition) is 6. The Morgan fingerprint density at radius 2 is 1.88 bits per heavy atom. The Bertz CT molecular complexity index is 661.